The van der Waals surface area contributed by atoms with Crippen molar-refractivity contribution in [2.75, 3.05) is 20.3 Å². The smallest absolute Gasteiger partial charge is 0.161 e. The summed E-state index contributed by atoms with van der Waals surface area (Å²) in [5.41, 5.74) is 1.30. The molecule has 3 heteroatoms. The fraction of sp³-hybridized carbons (Fsp3) is 0.625. The van der Waals surface area contributed by atoms with Gasteiger partial charge in [-0.1, -0.05) is 26.8 Å². The summed E-state index contributed by atoms with van der Waals surface area (Å²) in [6, 6.07) is 6.80. The van der Waals surface area contributed by atoms with E-state index >= 15 is 0 Å². The first kappa shape index (κ1) is 14.2. The van der Waals surface area contributed by atoms with Gasteiger partial charge in [0.2, 0.25) is 0 Å². The van der Waals surface area contributed by atoms with Crippen LogP contribution in [0.15, 0.2) is 18.2 Å². The van der Waals surface area contributed by atoms with Crippen LogP contribution in [0.5, 0.6) is 11.5 Å². The highest BCUT2D eigenvalue weighted by atomic mass is 16.5. The number of fused-ring (bicyclic) bond motifs is 1. The Hall–Kier alpha value is -1.22. The molecule has 0 amide bonds. The Morgan fingerprint density at radius 3 is 2.37 bits per heavy atom. The summed E-state index contributed by atoms with van der Waals surface area (Å²) in [4.78, 5) is 0. The predicted octanol–water partition coefficient (Wildman–Crippen LogP) is 3.20. The minimum absolute atomic E-state index is 0.446. The molecule has 1 aromatic carbocycles. The van der Waals surface area contributed by atoms with Crippen LogP contribution in [0.1, 0.15) is 38.7 Å². The molecule has 0 fully saturated rings. The maximum Gasteiger partial charge on any atom is 0.161 e. The quantitative estimate of drug-likeness (QED) is 0.905. The molecule has 2 atom stereocenters. The maximum absolute atomic E-state index is 5.77. The van der Waals surface area contributed by atoms with E-state index in [2.05, 4.69) is 38.2 Å². The van der Waals surface area contributed by atoms with Crippen molar-refractivity contribution in [2.45, 2.75) is 39.2 Å². The van der Waals surface area contributed by atoms with Crippen LogP contribution < -0.4 is 14.8 Å². The molecule has 1 aliphatic rings. The van der Waals surface area contributed by atoms with Gasteiger partial charge in [0.15, 0.2) is 11.5 Å². The summed E-state index contributed by atoms with van der Waals surface area (Å²) in [6.07, 6.45) is 0.949. The standard InChI is InChI=1S/C16H25NO2/c1-11(2)16(17-4)12(3)13-6-7-14-15(10-13)19-9-5-8-18-14/h6-7,10-12,16-17H,5,8-9H2,1-4H3. The number of hydrogen-bond acceptors (Lipinski definition) is 3. The second-order valence-electron chi connectivity index (χ2n) is 5.60. The Bertz CT molecular complexity index is 417. The molecule has 2 unspecified atom stereocenters. The van der Waals surface area contributed by atoms with E-state index in [1.54, 1.807) is 0 Å². The third-order valence-electron chi connectivity index (χ3n) is 3.89. The van der Waals surface area contributed by atoms with E-state index in [-0.39, 0.29) is 0 Å². The molecule has 0 saturated carbocycles. The van der Waals surface area contributed by atoms with Gasteiger partial charge in [0, 0.05) is 12.5 Å². The zero-order valence-electron chi connectivity index (χ0n) is 12.4. The molecule has 19 heavy (non-hydrogen) atoms. The molecule has 2 rings (SSSR count). The molecule has 1 heterocycles. The van der Waals surface area contributed by atoms with E-state index in [0.29, 0.717) is 17.9 Å². The van der Waals surface area contributed by atoms with E-state index in [0.717, 1.165) is 31.1 Å². The lowest BCUT2D eigenvalue weighted by Crippen LogP contribution is -2.35. The third-order valence-corrected chi connectivity index (χ3v) is 3.89. The summed E-state index contributed by atoms with van der Waals surface area (Å²) in [7, 11) is 2.03. The second-order valence-corrected chi connectivity index (χ2v) is 5.60. The molecule has 1 N–H and O–H groups in total. The minimum Gasteiger partial charge on any atom is -0.490 e. The van der Waals surface area contributed by atoms with E-state index in [1.165, 1.54) is 5.56 Å². The van der Waals surface area contributed by atoms with Crippen molar-refractivity contribution < 1.29 is 9.47 Å². The maximum atomic E-state index is 5.77. The van der Waals surface area contributed by atoms with Gasteiger partial charge in [-0.25, -0.2) is 0 Å². The third kappa shape index (κ3) is 3.21. The van der Waals surface area contributed by atoms with Crippen LogP contribution in [-0.2, 0) is 0 Å². The summed E-state index contributed by atoms with van der Waals surface area (Å²) in [6.45, 7) is 8.25. The molecule has 0 aromatic heterocycles. The van der Waals surface area contributed by atoms with Crippen LogP contribution in [0.3, 0.4) is 0 Å². The molecule has 0 spiro atoms. The van der Waals surface area contributed by atoms with Crippen molar-refractivity contribution >= 4 is 0 Å². The normalized spacial score (nSPS) is 17.9. The van der Waals surface area contributed by atoms with Crippen LogP contribution in [0.2, 0.25) is 0 Å². The number of rotatable bonds is 4. The summed E-state index contributed by atoms with van der Waals surface area (Å²) >= 11 is 0. The molecule has 0 saturated heterocycles. The van der Waals surface area contributed by atoms with Gasteiger partial charge in [0.05, 0.1) is 13.2 Å². The van der Waals surface area contributed by atoms with Gasteiger partial charge in [-0.2, -0.15) is 0 Å². The van der Waals surface area contributed by atoms with Gasteiger partial charge in [0.25, 0.3) is 0 Å². The Morgan fingerprint density at radius 2 is 1.74 bits per heavy atom. The lowest BCUT2D eigenvalue weighted by atomic mass is 9.86. The molecule has 1 aromatic rings. The largest absolute Gasteiger partial charge is 0.490 e. The van der Waals surface area contributed by atoms with Crippen molar-refractivity contribution in [2.24, 2.45) is 5.92 Å². The first-order valence-electron chi connectivity index (χ1n) is 7.20. The fourth-order valence-corrected chi connectivity index (χ4v) is 2.83. The number of nitrogens with one attached hydrogen (secondary N) is 1. The van der Waals surface area contributed by atoms with Crippen molar-refractivity contribution in [1.29, 1.82) is 0 Å². The molecule has 0 aliphatic carbocycles. The molecular formula is C16H25NO2. The zero-order chi connectivity index (χ0) is 13.8. The zero-order valence-corrected chi connectivity index (χ0v) is 12.4. The van der Waals surface area contributed by atoms with E-state index in [1.807, 2.05) is 13.1 Å². The summed E-state index contributed by atoms with van der Waals surface area (Å²) in [5.74, 6) is 2.80. The van der Waals surface area contributed by atoms with Gasteiger partial charge in [0.1, 0.15) is 0 Å². The van der Waals surface area contributed by atoms with Crippen LogP contribution in [0, 0.1) is 5.92 Å². The van der Waals surface area contributed by atoms with E-state index < -0.39 is 0 Å². The number of likely N-dealkylation sites (N-methyl/N-ethyl adjacent to an activating group) is 1. The first-order chi connectivity index (χ1) is 9.13. The van der Waals surface area contributed by atoms with Crippen molar-refractivity contribution in [1.82, 2.24) is 5.32 Å². The van der Waals surface area contributed by atoms with Gasteiger partial charge in [-0.05, 0) is 36.6 Å². The van der Waals surface area contributed by atoms with Crippen LogP contribution in [0.25, 0.3) is 0 Å². The van der Waals surface area contributed by atoms with Gasteiger partial charge < -0.3 is 14.8 Å². The Balaban J connectivity index is 2.23. The van der Waals surface area contributed by atoms with Gasteiger partial charge in [-0.3, -0.25) is 0 Å². The van der Waals surface area contributed by atoms with Crippen molar-refractivity contribution in [3.8, 4) is 11.5 Å². The summed E-state index contributed by atoms with van der Waals surface area (Å²) in [5, 5.41) is 3.42. The Labute approximate surface area is 116 Å². The SMILES string of the molecule is CNC(C(C)C)C(C)c1ccc2c(c1)OCCCO2. The topological polar surface area (TPSA) is 30.5 Å². The van der Waals surface area contributed by atoms with Crippen molar-refractivity contribution in [3.63, 3.8) is 0 Å². The second kappa shape index (κ2) is 6.29. The summed E-state index contributed by atoms with van der Waals surface area (Å²) < 4.78 is 11.4. The van der Waals surface area contributed by atoms with E-state index in [4.69, 9.17) is 9.47 Å². The van der Waals surface area contributed by atoms with Gasteiger partial charge in [-0.15, -0.1) is 0 Å². The van der Waals surface area contributed by atoms with E-state index in [9.17, 15) is 0 Å². The molecular weight excluding hydrogens is 238 g/mol. The lowest BCUT2D eigenvalue weighted by Gasteiger charge is -2.28. The Kier molecular flexibility index (Phi) is 4.70. The lowest BCUT2D eigenvalue weighted by molar-refractivity contribution is 0.296. The van der Waals surface area contributed by atoms with Crippen molar-refractivity contribution in [3.05, 3.63) is 23.8 Å². The number of hydrogen-bond donors (Lipinski definition) is 1. The molecule has 0 radical (unpaired) electrons. The Morgan fingerprint density at radius 1 is 1.05 bits per heavy atom. The first-order valence-corrected chi connectivity index (χ1v) is 7.20. The molecule has 106 valence electrons. The highest BCUT2D eigenvalue weighted by Crippen LogP contribution is 2.34. The average Bonchev–Trinajstić information content (AvgIpc) is 2.63. The monoisotopic (exact) mass is 263 g/mol. The van der Waals surface area contributed by atoms with Gasteiger partial charge >= 0.3 is 0 Å². The molecule has 0 bridgehead atoms. The van der Waals surface area contributed by atoms with Crippen LogP contribution in [-0.4, -0.2) is 26.3 Å². The average molecular weight is 263 g/mol. The minimum atomic E-state index is 0.446. The predicted molar refractivity (Wildman–Crippen MR) is 78.1 cm³/mol. The highest BCUT2D eigenvalue weighted by Gasteiger charge is 2.22. The van der Waals surface area contributed by atoms with Crippen LogP contribution >= 0.6 is 0 Å². The fourth-order valence-electron chi connectivity index (χ4n) is 2.83. The molecule has 3 nitrogen and oxygen atoms in total. The molecule has 1 aliphatic heterocycles. The van der Waals surface area contributed by atoms with Crippen LogP contribution in [0.4, 0.5) is 0 Å². The number of benzene rings is 1. The number of ether oxygens (including phenoxy) is 2. The highest BCUT2D eigenvalue weighted by molar-refractivity contribution is 5.44.